The summed E-state index contributed by atoms with van der Waals surface area (Å²) in [5, 5.41) is 9.26. The molecule has 1 N–H and O–H groups in total. The Labute approximate surface area is 118 Å². The average molecular weight is 284 g/mol. The number of aliphatic carboxylic acids is 1. The first-order chi connectivity index (χ1) is 9.10. The third-order valence-electron chi connectivity index (χ3n) is 2.71. The van der Waals surface area contributed by atoms with Crippen molar-refractivity contribution in [1.29, 1.82) is 0 Å². The van der Waals surface area contributed by atoms with Gasteiger partial charge in [-0.2, -0.15) is 0 Å². The molecule has 0 atom stereocenters. The number of benzene rings is 1. The van der Waals surface area contributed by atoms with Crippen molar-refractivity contribution in [3.63, 3.8) is 0 Å². The lowest BCUT2D eigenvalue weighted by Gasteiger charge is -2.25. The van der Waals surface area contributed by atoms with E-state index in [0.29, 0.717) is 17.2 Å². The molecule has 0 aliphatic rings. The fourth-order valence-corrected chi connectivity index (χ4v) is 2.00. The molecule has 1 rings (SSSR count). The molecule has 0 fully saturated rings. The van der Waals surface area contributed by atoms with Crippen molar-refractivity contribution in [2.24, 2.45) is 0 Å². The van der Waals surface area contributed by atoms with Gasteiger partial charge in [0.25, 0.3) is 0 Å². The highest BCUT2D eigenvalue weighted by Crippen LogP contribution is 2.28. The number of methoxy groups -OCH3 is 1. The standard InChI is InChI=1S/C14H18ClNO3/c1-3-16(9-10-19-2)13-6-4-5-12(15)11(13)7-8-14(17)18/h4-8H,3,9-10H2,1-2H3,(H,17,18). The van der Waals surface area contributed by atoms with Gasteiger partial charge in [-0.15, -0.1) is 0 Å². The van der Waals surface area contributed by atoms with Crippen LogP contribution >= 0.6 is 11.6 Å². The molecule has 0 aliphatic heterocycles. The lowest BCUT2D eigenvalue weighted by molar-refractivity contribution is -0.131. The molecular formula is C14H18ClNO3. The summed E-state index contributed by atoms with van der Waals surface area (Å²) in [5.74, 6) is -0.995. The van der Waals surface area contributed by atoms with Gasteiger partial charge in [-0.3, -0.25) is 0 Å². The van der Waals surface area contributed by atoms with E-state index in [0.717, 1.165) is 24.9 Å². The van der Waals surface area contributed by atoms with Gasteiger partial charge in [0.1, 0.15) is 0 Å². The van der Waals surface area contributed by atoms with Crippen LogP contribution in [0, 0.1) is 0 Å². The highest BCUT2D eigenvalue weighted by molar-refractivity contribution is 6.32. The van der Waals surface area contributed by atoms with Gasteiger partial charge in [0, 0.05) is 42.5 Å². The van der Waals surface area contributed by atoms with Crippen LogP contribution in [0.25, 0.3) is 6.08 Å². The fourth-order valence-electron chi connectivity index (χ4n) is 1.77. The highest BCUT2D eigenvalue weighted by Gasteiger charge is 2.10. The molecule has 0 amide bonds. The Morgan fingerprint density at radius 1 is 1.53 bits per heavy atom. The summed E-state index contributed by atoms with van der Waals surface area (Å²) in [4.78, 5) is 12.7. The van der Waals surface area contributed by atoms with Crippen LogP contribution in [0.1, 0.15) is 12.5 Å². The molecule has 5 heteroatoms. The van der Waals surface area contributed by atoms with Gasteiger partial charge in [0.15, 0.2) is 0 Å². The zero-order valence-electron chi connectivity index (χ0n) is 11.1. The maximum absolute atomic E-state index is 10.6. The lowest BCUT2D eigenvalue weighted by Crippen LogP contribution is -2.27. The first-order valence-corrected chi connectivity index (χ1v) is 6.41. The Morgan fingerprint density at radius 2 is 2.26 bits per heavy atom. The monoisotopic (exact) mass is 283 g/mol. The second kappa shape index (κ2) is 7.81. The number of anilines is 1. The van der Waals surface area contributed by atoms with Crippen LogP contribution in [0.5, 0.6) is 0 Å². The number of hydrogen-bond donors (Lipinski definition) is 1. The Kier molecular flexibility index (Phi) is 6.39. The predicted octanol–water partition coefficient (Wildman–Crippen LogP) is 2.91. The van der Waals surface area contributed by atoms with Crippen LogP contribution in [0.4, 0.5) is 5.69 Å². The molecule has 0 aromatic heterocycles. The van der Waals surface area contributed by atoms with Crippen molar-refractivity contribution in [1.82, 2.24) is 0 Å². The molecule has 104 valence electrons. The van der Waals surface area contributed by atoms with Crippen molar-refractivity contribution in [3.8, 4) is 0 Å². The maximum Gasteiger partial charge on any atom is 0.328 e. The quantitative estimate of drug-likeness (QED) is 0.782. The highest BCUT2D eigenvalue weighted by atomic mass is 35.5. The molecule has 19 heavy (non-hydrogen) atoms. The minimum atomic E-state index is -0.995. The van der Waals surface area contributed by atoms with E-state index in [1.807, 2.05) is 19.1 Å². The van der Waals surface area contributed by atoms with E-state index < -0.39 is 5.97 Å². The maximum atomic E-state index is 10.6. The number of ether oxygens (including phenoxy) is 1. The summed E-state index contributed by atoms with van der Waals surface area (Å²) < 4.78 is 5.08. The molecule has 0 saturated heterocycles. The fraction of sp³-hybridized carbons (Fsp3) is 0.357. The zero-order valence-corrected chi connectivity index (χ0v) is 11.9. The summed E-state index contributed by atoms with van der Waals surface area (Å²) in [7, 11) is 1.65. The Hall–Kier alpha value is -1.52. The first kappa shape index (κ1) is 15.5. The van der Waals surface area contributed by atoms with Gasteiger partial charge in [-0.1, -0.05) is 17.7 Å². The Bertz CT molecular complexity index is 460. The molecule has 0 heterocycles. The minimum Gasteiger partial charge on any atom is -0.478 e. The van der Waals surface area contributed by atoms with E-state index >= 15 is 0 Å². The number of carboxylic acid groups (broad SMARTS) is 1. The van der Waals surface area contributed by atoms with E-state index in [2.05, 4.69) is 4.90 Å². The molecule has 0 aliphatic carbocycles. The molecule has 0 spiro atoms. The minimum absolute atomic E-state index is 0.533. The smallest absolute Gasteiger partial charge is 0.328 e. The van der Waals surface area contributed by atoms with Crippen LogP contribution in [0.2, 0.25) is 5.02 Å². The molecule has 1 aromatic rings. The SMILES string of the molecule is CCN(CCOC)c1cccc(Cl)c1C=CC(=O)O. The molecule has 0 radical (unpaired) electrons. The number of carbonyl (C=O) groups is 1. The van der Waals surface area contributed by atoms with Crippen LogP contribution in [0.3, 0.4) is 0 Å². The summed E-state index contributed by atoms with van der Waals surface area (Å²) in [6.45, 7) is 4.14. The van der Waals surface area contributed by atoms with Gasteiger partial charge in [-0.25, -0.2) is 4.79 Å². The van der Waals surface area contributed by atoms with Crippen LogP contribution in [-0.4, -0.2) is 37.9 Å². The molecule has 0 saturated carbocycles. The molecule has 1 aromatic carbocycles. The van der Waals surface area contributed by atoms with E-state index in [-0.39, 0.29) is 0 Å². The zero-order chi connectivity index (χ0) is 14.3. The largest absolute Gasteiger partial charge is 0.478 e. The third-order valence-corrected chi connectivity index (χ3v) is 3.04. The third kappa shape index (κ3) is 4.58. The predicted molar refractivity (Wildman–Crippen MR) is 77.9 cm³/mol. The first-order valence-electron chi connectivity index (χ1n) is 6.03. The second-order valence-electron chi connectivity index (χ2n) is 3.92. The lowest BCUT2D eigenvalue weighted by atomic mass is 10.1. The van der Waals surface area contributed by atoms with Crippen molar-refractivity contribution in [3.05, 3.63) is 34.9 Å². The van der Waals surface area contributed by atoms with Gasteiger partial charge in [-0.05, 0) is 25.1 Å². The molecule has 0 bridgehead atoms. The second-order valence-corrected chi connectivity index (χ2v) is 4.32. The van der Waals surface area contributed by atoms with Crippen LogP contribution in [-0.2, 0) is 9.53 Å². The number of rotatable bonds is 7. The van der Waals surface area contributed by atoms with Gasteiger partial charge in [0.05, 0.1) is 6.61 Å². The van der Waals surface area contributed by atoms with Gasteiger partial charge in [0.2, 0.25) is 0 Å². The van der Waals surface area contributed by atoms with Crippen molar-refractivity contribution >= 4 is 29.3 Å². The van der Waals surface area contributed by atoms with Crippen molar-refractivity contribution in [2.45, 2.75) is 6.92 Å². The number of likely N-dealkylation sites (N-methyl/N-ethyl adjacent to an activating group) is 1. The topological polar surface area (TPSA) is 49.8 Å². The molecule has 4 nitrogen and oxygen atoms in total. The molecular weight excluding hydrogens is 266 g/mol. The average Bonchev–Trinajstić information content (AvgIpc) is 2.38. The van der Waals surface area contributed by atoms with Crippen LogP contribution < -0.4 is 4.90 Å². The summed E-state index contributed by atoms with van der Waals surface area (Å²) in [6.07, 6.45) is 2.62. The van der Waals surface area contributed by atoms with Gasteiger partial charge >= 0.3 is 5.97 Å². The van der Waals surface area contributed by atoms with E-state index in [9.17, 15) is 4.79 Å². The Balaban J connectivity index is 3.10. The summed E-state index contributed by atoms with van der Waals surface area (Å²) in [6, 6.07) is 5.52. The normalized spacial score (nSPS) is 10.9. The number of hydrogen-bond acceptors (Lipinski definition) is 3. The van der Waals surface area contributed by atoms with Crippen molar-refractivity contribution < 1.29 is 14.6 Å². The number of nitrogens with zero attached hydrogens (tertiary/aromatic N) is 1. The van der Waals surface area contributed by atoms with E-state index in [4.69, 9.17) is 21.4 Å². The van der Waals surface area contributed by atoms with Crippen LogP contribution in [0.15, 0.2) is 24.3 Å². The van der Waals surface area contributed by atoms with Gasteiger partial charge < -0.3 is 14.7 Å². The summed E-state index contributed by atoms with van der Waals surface area (Å²) >= 11 is 6.15. The van der Waals surface area contributed by atoms with E-state index in [1.165, 1.54) is 6.08 Å². The van der Waals surface area contributed by atoms with E-state index in [1.54, 1.807) is 13.2 Å². The number of halogens is 1. The molecule has 0 unspecified atom stereocenters. The Morgan fingerprint density at radius 3 is 2.84 bits per heavy atom. The van der Waals surface area contributed by atoms with Crippen molar-refractivity contribution in [2.75, 3.05) is 31.7 Å². The number of carboxylic acids is 1. The summed E-state index contributed by atoms with van der Waals surface area (Å²) in [5.41, 5.74) is 1.62.